The number of hydrogen-bond donors (Lipinski definition) is 0. The van der Waals surface area contributed by atoms with Crippen molar-refractivity contribution < 1.29 is 26.2 Å². The second-order valence-corrected chi connectivity index (χ2v) is 7.88. The first-order valence-corrected chi connectivity index (χ1v) is 10.1. The third-order valence-electron chi connectivity index (χ3n) is 4.04. The Balaban J connectivity index is 2.17. The van der Waals surface area contributed by atoms with Gasteiger partial charge in [0, 0.05) is 25.1 Å². The average molecular weight is 397 g/mol. The summed E-state index contributed by atoms with van der Waals surface area (Å²) in [6.45, 7) is 0.0573. The summed E-state index contributed by atoms with van der Waals surface area (Å²) < 4.78 is 54.0. The van der Waals surface area contributed by atoms with Crippen LogP contribution in [0, 0.1) is 11.6 Å². The van der Waals surface area contributed by atoms with E-state index in [2.05, 4.69) is 0 Å². The normalized spacial score (nSPS) is 12.6. The molecule has 1 atom stereocenters. The van der Waals surface area contributed by atoms with E-state index in [0.717, 1.165) is 18.4 Å². The van der Waals surface area contributed by atoms with Crippen molar-refractivity contribution in [3.8, 4) is 0 Å². The zero-order chi connectivity index (χ0) is 20.0. The first-order chi connectivity index (χ1) is 12.7. The van der Waals surface area contributed by atoms with E-state index in [0.29, 0.717) is 11.1 Å². The van der Waals surface area contributed by atoms with Gasteiger partial charge < -0.3 is 4.90 Å². The largest absolute Gasteiger partial charge is 0.341 e. The van der Waals surface area contributed by atoms with Gasteiger partial charge in [-0.2, -0.15) is 8.42 Å². The SMILES string of the molecule is CN(CC(CCOS(C)(=O)=O)c1ccc(F)c(F)c1)C(=O)c1ccccc1. The Labute approximate surface area is 157 Å². The van der Waals surface area contributed by atoms with E-state index in [1.807, 2.05) is 0 Å². The maximum absolute atomic E-state index is 13.6. The number of likely N-dealkylation sites (N-methyl/N-ethyl adjacent to an activating group) is 1. The third kappa shape index (κ3) is 6.41. The zero-order valence-corrected chi connectivity index (χ0v) is 15.9. The molecule has 0 radical (unpaired) electrons. The Hall–Kier alpha value is -2.32. The van der Waals surface area contributed by atoms with Gasteiger partial charge in [0.15, 0.2) is 11.6 Å². The first-order valence-electron chi connectivity index (χ1n) is 8.27. The van der Waals surface area contributed by atoms with Crippen LogP contribution in [0.25, 0.3) is 0 Å². The first kappa shape index (κ1) is 21.0. The highest BCUT2D eigenvalue weighted by atomic mass is 32.2. The van der Waals surface area contributed by atoms with E-state index < -0.39 is 27.7 Å². The van der Waals surface area contributed by atoms with Gasteiger partial charge in [0.05, 0.1) is 12.9 Å². The predicted octanol–water partition coefficient (Wildman–Crippen LogP) is 3.19. The molecule has 27 heavy (non-hydrogen) atoms. The molecule has 0 aromatic heterocycles. The molecule has 0 spiro atoms. The molecule has 0 bridgehead atoms. The molecule has 0 heterocycles. The number of rotatable bonds is 8. The number of hydrogen-bond acceptors (Lipinski definition) is 4. The molecule has 0 aliphatic carbocycles. The van der Waals surface area contributed by atoms with Crippen molar-refractivity contribution >= 4 is 16.0 Å². The molecule has 146 valence electrons. The molecule has 5 nitrogen and oxygen atoms in total. The van der Waals surface area contributed by atoms with Gasteiger partial charge in [-0.15, -0.1) is 0 Å². The second-order valence-electron chi connectivity index (χ2n) is 6.24. The molecule has 0 N–H and O–H groups in total. The molecule has 2 aromatic rings. The molecule has 1 amide bonds. The molecule has 8 heteroatoms. The Bertz CT molecular complexity index is 888. The lowest BCUT2D eigenvalue weighted by atomic mass is 9.95. The van der Waals surface area contributed by atoms with Crippen LogP contribution in [0.3, 0.4) is 0 Å². The number of benzene rings is 2. The quantitative estimate of drug-likeness (QED) is 0.642. The van der Waals surface area contributed by atoms with E-state index >= 15 is 0 Å². The van der Waals surface area contributed by atoms with Gasteiger partial charge in [-0.05, 0) is 36.2 Å². The maximum atomic E-state index is 13.6. The average Bonchev–Trinajstić information content (AvgIpc) is 2.62. The molecule has 0 saturated heterocycles. The fourth-order valence-electron chi connectivity index (χ4n) is 2.69. The van der Waals surface area contributed by atoms with Crippen LogP contribution in [-0.4, -0.2) is 45.7 Å². The van der Waals surface area contributed by atoms with Crippen LogP contribution < -0.4 is 0 Å². The summed E-state index contributed by atoms with van der Waals surface area (Å²) in [6.07, 6.45) is 1.15. The molecule has 0 aliphatic rings. The van der Waals surface area contributed by atoms with Gasteiger partial charge in [0.1, 0.15) is 0 Å². The van der Waals surface area contributed by atoms with Crippen LogP contribution in [0.5, 0.6) is 0 Å². The Morgan fingerprint density at radius 1 is 1.11 bits per heavy atom. The zero-order valence-electron chi connectivity index (χ0n) is 15.1. The van der Waals surface area contributed by atoms with E-state index in [-0.39, 0.29) is 25.5 Å². The van der Waals surface area contributed by atoms with Gasteiger partial charge in [-0.25, -0.2) is 8.78 Å². The maximum Gasteiger partial charge on any atom is 0.264 e. The Kier molecular flexibility index (Phi) is 7.04. The van der Waals surface area contributed by atoms with Crippen LogP contribution in [0.4, 0.5) is 8.78 Å². The molecule has 0 saturated carbocycles. The molecule has 2 rings (SSSR count). The molecule has 0 aliphatic heterocycles. The van der Waals surface area contributed by atoms with Crippen molar-refractivity contribution in [2.75, 3.05) is 26.5 Å². The number of amides is 1. The molecule has 2 aromatic carbocycles. The minimum absolute atomic E-state index is 0.129. The number of carbonyl (C=O) groups excluding carboxylic acids is 1. The van der Waals surface area contributed by atoms with E-state index in [1.54, 1.807) is 37.4 Å². The van der Waals surface area contributed by atoms with Crippen molar-refractivity contribution in [3.05, 3.63) is 71.3 Å². The Morgan fingerprint density at radius 2 is 1.78 bits per heavy atom. The van der Waals surface area contributed by atoms with E-state index in [4.69, 9.17) is 4.18 Å². The number of halogens is 2. The van der Waals surface area contributed by atoms with Crippen LogP contribution in [0.1, 0.15) is 28.3 Å². The van der Waals surface area contributed by atoms with Crippen molar-refractivity contribution in [1.29, 1.82) is 0 Å². The molecular formula is C19H21F2NO4S. The lowest BCUT2D eigenvalue weighted by Gasteiger charge is -2.25. The van der Waals surface area contributed by atoms with Crippen molar-refractivity contribution in [2.45, 2.75) is 12.3 Å². The lowest BCUT2D eigenvalue weighted by Crippen LogP contribution is -2.31. The summed E-state index contributed by atoms with van der Waals surface area (Å²) >= 11 is 0. The summed E-state index contributed by atoms with van der Waals surface area (Å²) in [5.41, 5.74) is 0.954. The topological polar surface area (TPSA) is 63.7 Å². The summed E-state index contributed by atoms with van der Waals surface area (Å²) in [7, 11) is -2.02. The van der Waals surface area contributed by atoms with Crippen LogP contribution in [-0.2, 0) is 14.3 Å². The van der Waals surface area contributed by atoms with Crippen molar-refractivity contribution in [1.82, 2.24) is 4.90 Å². The summed E-state index contributed by atoms with van der Waals surface area (Å²) in [4.78, 5) is 14.0. The van der Waals surface area contributed by atoms with Crippen molar-refractivity contribution in [2.24, 2.45) is 0 Å². The lowest BCUT2D eigenvalue weighted by molar-refractivity contribution is 0.0782. The highest BCUT2D eigenvalue weighted by molar-refractivity contribution is 7.85. The van der Waals surface area contributed by atoms with Gasteiger partial charge in [0.25, 0.3) is 16.0 Å². The molecular weight excluding hydrogens is 376 g/mol. The van der Waals surface area contributed by atoms with Gasteiger partial charge >= 0.3 is 0 Å². The fourth-order valence-corrected chi connectivity index (χ4v) is 3.09. The molecule has 1 unspecified atom stereocenters. The van der Waals surface area contributed by atoms with Gasteiger partial charge in [-0.1, -0.05) is 24.3 Å². The number of carbonyl (C=O) groups is 1. The minimum atomic E-state index is -3.62. The Morgan fingerprint density at radius 3 is 2.37 bits per heavy atom. The smallest absolute Gasteiger partial charge is 0.264 e. The number of nitrogens with zero attached hydrogens (tertiary/aromatic N) is 1. The van der Waals surface area contributed by atoms with Gasteiger partial charge in [0.2, 0.25) is 0 Å². The van der Waals surface area contributed by atoms with Crippen LogP contribution >= 0.6 is 0 Å². The van der Waals surface area contributed by atoms with E-state index in [9.17, 15) is 22.0 Å². The van der Waals surface area contributed by atoms with Crippen molar-refractivity contribution in [3.63, 3.8) is 0 Å². The highest BCUT2D eigenvalue weighted by Crippen LogP contribution is 2.24. The van der Waals surface area contributed by atoms with Crippen LogP contribution in [0.15, 0.2) is 48.5 Å². The third-order valence-corrected chi connectivity index (χ3v) is 4.64. The monoisotopic (exact) mass is 397 g/mol. The summed E-state index contributed by atoms with van der Waals surface area (Å²) in [5.74, 6) is -2.64. The second kappa shape index (κ2) is 9.05. The predicted molar refractivity (Wildman–Crippen MR) is 97.9 cm³/mol. The standard InChI is InChI=1S/C19H21F2NO4S/c1-22(19(23)14-6-4-3-5-7-14)13-16(10-11-26-27(2,24)25)15-8-9-17(20)18(21)12-15/h3-9,12,16H,10-11,13H2,1-2H3. The highest BCUT2D eigenvalue weighted by Gasteiger charge is 2.20. The summed E-state index contributed by atoms with van der Waals surface area (Å²) in [5, 5.41) is 0. The summed E-state index contributed by atoms with van der Waals surface area (Å²) in [6, 6.07) is 12.1. The molecule has 0 fully saturated rings. The van der Waals surface area contributed by atoms with Gasteiger partial charge in [-0.3, -0.25) is 8.98 Å². The van der Waals surface area contributed by atoms with E-state index in [1.165, 1.54) is 11.0 Å². The minimum Gasteiger partial charge on any atom is -0.341 e. The van der Waals surface area contributed by atoms with Crippen LogP contribution in [0.2, 0.25) is 0 Å². The fraction of sp³-hybridized carbons (Fsp3) is 0.316.